The first kappa shape index (κ1) is 21.6. The number of para-hydroxylation sites is 2. The maximum atomic E-state index is 12.9. The van der Waals surface area contributed by atoms with Crippen molar-refractivity contribution in [3.8, 4) is 17.3 Å². The fourth-order valence-electron chi connectivity index (χ4n) is 3.40. The van der Waals surface area contributed by atoms with Crippen LogP contribution in [0, 0.1) is 18.8 Å². The van der Waals surface area contributed by atoms with Gasteiger partial charge in [-0.3, -0.25) is 4.79 Å². The molecule has 158 valence electrons. The first-order chi connectivity index (χ1) is 14.4. The molecule has 0 N–H and O–H groups in total. The lowest BCUT2D eigenvalue weighted by Gasteiger charge is -2.26. The molecule has 3 rings (SSSR count). The summed E-state index contributed by atoms with van der Waals surface area (Å²) in [6.07, 6.45) is 0. The average Bonchev–Trinajstić information content (AvgIpc) is 3.03. The highest BCUT2D eigenvalue weighted by Crippen LogP contribution is 2.32. The number of carbonyl (C=O) groups is 1. The van der Waals surface area contributed by atoms with Gasteiger partial charge in [0, 0.05) is 12.5 Å². The standard InChI is InChI=1S/C25H31N3O2/c1-18(2)16-27(24(29)19(3)4)17-23-20(5)26-28(21-12-8-6-9-13-21)25(23)30-22-14-10-7-11-15-22/h6-15,18-19H,16-17H2,1-5H3. The van der Waals surface area contributed by atoms with Crippen molar-refractivity contribution in [2.75, 3.05) is 6.54 Å². The van der Waals surface area contributed by atoms with E-state index in [1.54, 1.807) is 0 Å². The second kappa shape index (κ2) is 9.61. The normalized spacial score (nSPS) is 11.2. The predicted molar refractivity (Wildman–Crippen MR) is 120 cm³/mol. The largest absolute Gasteiger partial charge is 0.439 e. The van der Waals surface area contributed by atoms with Crippen LogP contribution in [-0.2, 0) is 11.3 Å². The van der Waals surface area contributed by atoms with Crippen molar-refractivity contribution in [3.05, 3.63) is 71.9 Å². The number of carbonyl (C=O) groups excluding carboxylic acids is 1. The number of ether oxygens (including phenoxy) is 1. The van der Waals surface area contributed by atoms with Crippen molar-refractivity contribution in [2.45, 2.75) is 41.2 Å². The molecule has 30 heavy (non-hydrogen) atoms. The lowest BCUT2D eigenvalue weighted by Crippen LogP contribution is -2.36. The van der Waals surface area contributed by atoms with Gasteiger partial charge in [-0.1, -0.05) is 64.1 Å². The summed E-state index contributed by atoms with van der Waals surface area (Å²) in [6.45, 7) is 11.3. The molecule has 0 saturated heterocycles. The maximum Gasteiger partial charge on any atom is 0.227 e. The van der Waals surface area contributed by atoms with Gasteiger partial charge < -0.3 is 9.64 Å². The molecular weight excluding hydrogens is 374 g/mol. The van der Waals surface area contributed by atoms with Crippen LogP contribution < -0.4 is 4.74 Å². The van der Waals surface area contributed by atoms with Crippen LogP contribution in [0.2, 0.25) is 0 Å². The highest BCUT2D eigenvalue weighted by Gasteiger charge is 2.25. The molecule has 0 aliphatic rings. The van der Waals surface area contributed by atoms with Crippen molar-refractivity contribution in [1.29, 1.82) is 0 Å². The summed E-state index contributed by atoms with van der Waals surface area (Å²) in [6, 6.07) is 19.6. The van der Waals surface area contributed by atoms with Gasteiger partial charge in [0.1, 0.15) is 5.75 Å². The lowest BCUT2D eigenvalue weighted by molar-refractivity contribution is -0.135. The van der Waals surface area contributed by atoms with E-state index >= 15 is 0 Å². The summed E-state index contributed by atoms with van der Waals surface area (Å²) in [5, 5.41) is 4.77. The molecule has 0 atom stereocenters. The van der Waals surface area contributed by atoms with Crippen LogP contribution in [0.15, 0.2) is 60.7 Å². The Kier molecular flexibility index (Phi) is 6.93. The molecule has 0 bridgehead atoms. The molecule has 2 aromatic carbocycles. The molecule has 1 aromatic heterocycles. The number of aromatic nitrogens is 2. The highest BCUT2D eigenvalue weighted by molar-refractivity contribution is 5.78. The SMILES string of the molecule is Cc1nn(-c2ccccc2)c(Oc2ccccc2)c1CN(CC(C)C)C(=O)C(C)C. The van der Waals surface area contributed by atoms with E-state index in [0.717, 1.165) is 22.7 Å². The van der Waals surface area contributed by atoms with E-state index in [2.05, 4.69) is 13.8 Å². The van der Waals surface area contributed by atoms with E-state index in [0.29, 0.717) is 24.9 Å². The van der Waals surface area contributed by atoms with Gasteiger partial charge in [-0.2, -0.15) is 5.10 Å². The lowest BCUT2D eigenvalue weighted by atomic mass is 10.1. The number of amides is 1. The second-order valence-electron chi connectivity index (χ2n) is 8.30. The van der Waals surface area contributed by atoms with Gasteiger partial charge in [0.2, 0.25) is 11.8 Å². The van der Waals surface area contributed by atoms with E-state index in [4.69, 9.17) is 9.84 Å². The number of hydrogen-bond acceptors (Lipinski definition) is 3. The zero-order valence-electron chi connectivity index (χ0n) is 18.5. The minimum atomic E-state index is -0.0632. The van der Waals surface area contributed by atoms with E-state index in [1.165, 1.54) is 0 Å². The van der Waals surface area contributed by atoms with Crippen molar-refractivity contribution >= 4 is 5.91 Å². The molecule has 0 saturated carbocycles. The number of aryl methyl sites for hydroxylation is 1. The molecule has 1 amide bonds. The van der Waals surface area contributed by atoms with Crippen molar-refractivity contribution in [3.63, 3.8) is 0 Å². The van der Waals surface area contributed by atoms with Crippen LogP contribution >= 0.6 is 0 Å². The van der Waals surface area contributed by atoms with Gasteiger partial charge in [-0.25, -0.2) is 4.68 Å². The minimum absolute atomic E-state index is 0.0632. The summed E-state index contributed by atoms with van der Waals surface area (Å²) in [5.74, 6) is 1.83. The number of nitrogens with zero attached hydrogens (tertiary/aromatic N) is 3. The summed E-state index contributed by atoms with van der Waals surface area (Å²) in [7, 11) is 0. The Morgan fingerprint density at radius 3 is 2.17 bits per heavy atom. The van der Waals surface area contributed by atoms with Gasteiger partial charge in [-0.15, -0.1) is 0 Å². The maximum absolute atomic E-state index is 12.9. The monoisotopic (exact) mass is 405 g/mol. The Labute approximate surface area is 179 Å². The van der Waals surface area contributed by atoms with Crippen LogP contribution in [0.5, 0.6) is 11.6 Å². The molecule has 0 spiro atoms. The number of hydrogen-bond donors (Lipinski definition) is 0. The smallest absolute Gasteiger partial charge is 0.227 e. The third-order valence-electron chi connectivity index (χ3n) is 4.84. The molecule has 0 radical (unpaired) electrons. The molecule has 1 heterocycles. The van der Waals surface area contributed by atoms with Crippen LogP contribution in [-0.4, -0.2) is 27.1 Å². The molecule has 5 heteroatoms. The molecular formula is C25H31N3O2. The Morgan fingerprint density at radius 2 is 1.60 bits per heavy atom. The Hall–Kier alpha value is -3.08. The third kappa shape index (κ3) is 5.09. The Balaban J connectivity index is 2.06. The quantitative estimate of drug-likeness (QED) is 0.489. The minimum Gasteiger partial charge on any atom is -0.439 e. The zero-order valence-corrected chi connectivity index (χ0v) is 18.5. The van der Waals surface area contributed by atoms with E-state index in [1.807, 2.05) is 91.0 Å². The summed E-state index contributed by atoms with van der Waals surface area (Å²) in [4.78, 5) is 14.8. The van der Waals surface area contributed by atoms with Crippen molar-refractivity contribution in [2.24, 2.45) is 11.8 Å². The fourth-order valence-corrected chi connectivity index (χ4v) is 3.40. The highest BCUT2D eigenvalue weighted by atomic mass is 16.5. The molecule has 5 nitrogen and oxygen atoms in total. The third-order valence-corrected chi connectivity index (χ3v) is 4.84. The van der Waals surface area contributed by atoms with E-state index in [-0.39, 0.29) is 11.8 Å². The van der Waals surface area contributed by atoms with Gasteiger partial charge >= 0.3 is 0 Å². The van der Waals surface area contributed by atoms with Gasteiger partial charge in [0.05, 0.1) is 23.5 Å². The van der Waals surface area contributed by atoms with Gasteiger partial charge in [-0.05, 0) is 37.1 Å². The molecule has 0 fully saturated rings. The number of benzene rings is 2. The van der Waals surface area contributed by atoms with Gasteiger partial charge in [0.15, 0.2) is 0 Å². The van der Waals surface area contributed by atoms with Crippen LogP contribution in [0.4, 0.5) is 0 Å². The Bertz CT molecular complexity index is 963. The summed E-state index contributed by atoms with van der Waals surface area (Å²) in [5.41, 5.74) is 2.70. The molecule has 0 aliphatic carbocycles. The van der Waals surface area contributed by atoms with Crippen molar-refractivity contribution < 1.29 is 9.53 Å². The molecule has 3 aromatic rings. The van der Waals surface area contributed by atoms with Crippen LogP contribution in [0.1, 0.15) is 39.0 Å². The second-order valence-corrected chi connectivity index (χ2v) is 8.30. The first-order valence-electron chi connectivity index (χ1n) is 10.5. The molecule has 0 aliphatic heterocycles. The first-order valence-corrected chi connectivity index (χ1v) is 10.5. The number of rotatable bonds is 8. The predicted octanol–water partition coefficient (Wildman–Crippen LogP) is 5.61. The van der Waals surface area contributed by atoms with E-state index in [9.17, 15) is 4.79 Å². The average molecular weight is 406 g/mol. The van der Waals surface area contributed by atoms with Crippen molar-refractivity contribution in [1.82, 2.24) is 14.7 Å². The fraction of sp³-hybridized carbons (Fsp3) is 0.360. The van der Waals surface area contributed by atoms with Crippen LogP contribution in [0.25, 0.3) is 5.69 Å². The van der Waals surface area contributed by atoms with Gasteiger partial charge in [0.25, 0.3) is 0 Å². The molecule has 0 unspecified atom stereocenters. The van der Waals surface area contributed by atoms with E-state index < -0.39 is 0 Å². The Morgan fingerprint density at radius 1 is 1.00 bits per heavy atom. The summed E-state index contributed by atoms with van der Waals surface area (Å²) >= 11 is 0. The summed E-state index contributed by atoms with van der Waals surface area (Å²) < 4.78 is 8.15. The van der Waals surface area contributed by atoms with Crippen LogP contribution in [0.3, 0.4) is 0 Å². The zero-order chi connectivity index (χ0) is 21.7. The topological polar surface area (TPSA) is 47.4 Å².